The molecule has 0 rings (SSSR count). The molecule has 0 aliphatic rings. The highest BCUT2D eigenvalue weighted by Crippen LogP contribution is 2.17. The lowest BCUT2D eigenvalue weighted by Gasteiger charge is -2.10. The van der Waals surface area contributed by atoms with Crippen LogP contribution in [0.5, 0.6) is 0 Å². The van der Waals surface area contributed by atoms with Crippen LogP contribution >= 0.6 is 0 Å². The van der Waals surface area contributed by atoms with Crippen molar-refractivity contribution in [1.82, 2.24) is 0 Å². The molecule has 1 atom stereocenters. The van der Waals surface area contributed by atoms with Crippen molar-refractivity contribution in [2.24, 2.45) is 11.8 Å². The minimum Gasteiger partial charge on any atom is -0.0956 e. The molecule has 0 aromatic rings. The molecular formula is C17H32. The molecule has 0 saturated heterocycles. The standard InChI is InChI=1S/C14H24.C3H8/c1-7-8-13(5)14(6)10-9-12(4)11(2)3;1-3-2/h9-11,13H,4,6-8H2,1-3,5H3;3H2,1-2H3/b10-9-;. The average molecular weight is 236 g/mol. The number of rotatable bonds is 6. The molecule has 0 aliphatic carbocycles. The highest BCUT2D eigenvalue weighted by molar-refractivity contribution is 5.26. The van der Waals surface area contributed by atoms with Gasteiger partial charge in [-0.25, -0.2) is 0 Å². The van der Waals surface area contributed by atoms with E-state index in [0.717, 1.165) is 0 Å². The van der Waals surface area contributed by atoms with Crippen LogP contribution in [0.25, 0.3) is 0 Å². The predicted molar refractivity (Wildman–Crippen MR) is 82.3 cm³/mol. The highest BCUT2D eigenvalue weighted by atomic mass is 14.1. The van der Waals surface area contributed by atoms with Crippen molar-refractivity contribution >= 4 is 0 Å². The first-order chi connectivity index (χ1) is 7.90. The fourth-order valence-corrected chi connectivity index (χ4v) is 1.19. The lowest BCUT2D eigenvalue weighted by Crippen LogP contribution is -1.95. The second-order valence-corrected chi connectivity index (χ2v) is 5.03. The smallest absolute Gasteiger partial charge is 0.0196 e. The van der Waals surface area contributed by atoms with E-state index in [-0.39, 0.29) is 0 Å². The maximum absolute atomic E-state index is 4.08. The van der Waals surface area contributed by atoms with Crippen LogP contribution in [0.1, 0.15) is 60.8 Å². The molecule has 0 fully saturated rings. The second kappa shape index (κ2) is 11.7. The summed E-state index contributed by atoms with van der Waals surface area (Å²) in [5, 5.41) is 0. The third kappa shape index (κ3) is 11.5. The summed E-state index contributed by atoms with van der Waals surface area (Å²) in [6.45, 7) is 21.1. The van der Waals surface area contributed by atoms with Crippen molar-refractivity contribution in [2.45, 2.75) is 60.8 Å². The van der Waals surface area contributed by atoms with Gasteiger partial charge in [0.05, 0.1) is 0 Å². The molecule has 0 heteroatoms. The number of hydrogen-bond acceptors (Lipinski definition) is 0. The van der Waals surface area contributed by atoms with Gasteiger partial charge in [-0.15, -0.1) is 0 Å². The minimum absolute atomic E-state index is 0.528. The predicted octanol–water partition coefficient (Wildman–Crippen LogP) is 6.16. The van der Waals surface area contributed by atoms with Gasteiger partial charge in [0.15, 0.2) is 0 Å². The Balaban J connectivity index is 0. The fraction of sp³-hybridized carbons (Fsp3) is 0.647. The Morgan fingerprint density at radius 3 is 1.71 bits per heavy atom. The first kappa shape index (κ1) is 18.6. The summed E-state index contributed by atoms with van der Waals surface area (Å²) in [5.41, 5.74) is 2.39. The molecule has 100 valence electrons. The summed E-state index contributed by atoms with van der Waals surface area (Å²) in [6.07, 6.45) is 7.90. The topological polar surface area (TPSA) is 0 Å². The van der Waals surface area contributed by atoms with E-state index in [2.05, 4.69) is 66.9 Å². The maximum Gasteiger partial charge on any atom is -0.0196 e. The monoisotopic (exact) mass is 236 g/mol. The summed E-state index contributed by atoms with van der Waals surface area (Å²) in [6, 6.07) is 0. The minimum atomic E-state index is 0.528. The molecule has 0 radical (unpaired) electrons. The molecule has 1 unspecified atom stereocenters. The largest absolute Gasteiger partial charge is 0.0956 e. The zero-order valence-electron chi connectivity index (χ0n) is 12.8. The summed E-state index contributed by atoms with van der Waals surface area (Å²) < 4.78 is 0. The number of allylic oxidation sites excluding steroid dienone is 4. The molecule has 0 spiro atoms. The Labute approximate surface area is 110 Å². The summed E-state index contributed by atoms with van der Waals surface area (Å²) in [4.78, 5) is 0. The van der Waals surface area contributed by atoms with Crippen molar-refractivity contribution in [2.75, 3.05) is 0 Å². The maximum atomic E-state index is 4.08. The SMILES string of the molecule is C=C(/C=C\C(=C)C(C)CCC)C(C)C.CCC. The Morgan fingerprint density at radius 2 is 1.35 bits per heavy atom. The lowest BCUT2D eigenvalue weighted by molar-refractivity contribution is 0.614. The molecule has 0 heterocycles. The Morgan fingerprint density at radius 1 is 0.941 bits per heavy atom. The van der Waals surface area contributed by atoms with Crippen molar-refractivity contribution in [3.8, 4) is 0 Å². The average Bonchev–Trinajstić information content (AvgIpc) is 2.26. The normalized spacial score (nSPS) is 12.2. The molecule has 0 saturated carbocycles. The summed E-state index contributed by atoms with van der Waals surface area (Å²) >= 11 is 0. The van der Waals surface area contributed by atoms with Gasteiger partial charge in [0.2, 0.25) is 0 Å². The van der Waals surface area contributed by atoms with Crippen LogP contribution < -0.4 is 0 Å². The molecular weight excluding hydrogens is 204 g/mol. The molecule has 0 bridgehead atoms. The van der Waals surface area contributed by atoms with Crippen LogP contribution in [-0.4, -0.2) is 0 Å². The van der Waals surface area contributed by atoms with E-state index in [1.165, 1.54) is 30.4 Å². The third-order valence-corrected chi connectivity index (χ3v) is 2.61. The fourth-order valence-electron chi connectivity index (χ4n) is 1.19. The Bertz CT molecular complexity index is 230. The van der Waals surface area contributed by atoms with E-state index in [1.807, 2.05) is 0 Å². The van der Waals surface area contributed by atoms with Crippen LogP contribution in [-0.2, 0) is 0 Å². The van der Waals surface area contributed by atoms with Crippen LogP contribution in [0.3, 0.4) is 0 Å². The van der Waals surface area contributed by atoms with Crippen molar-refractivity contribution in [3.63, 3.8) is 0 Å². The zero-order valence-corrected chi connectivity index (χ0v) is 12.8. The molecule has 0 aromatic heterocycles. The van der Waals surface area contributed by atoms with Gasteiger partial charge in [-0.05, 0) is 18.3 Å². The van der Waals surface area contributed by atoms with Gasteiger partial charge in [0, 0.05) is 0 Å². The van der Waals surface area contributed by atoms with Gasteiger partial charge >= 0.3 is 0 Å². The summed E-state index contributed by atoms with van der Waals surface area (Å²) in [5.74, 6) is 1.12. The summed E-state index contributed by atoms with van der Waals surface area (Å²) in [7, 11) is 0. The van der Waals surface area contributed by atoms with Crippen LogP contribution in [0.2, 0.25) is 0 Å². The van der Waals surface area contributed by atoms with E-state index in [1.54, 1.807) is 0 Å². The van der Waals surface area contributed by atoms with Gasteiger partial charge in [-0.1, -0.05) is 90.8 Å². The second-order valence-electron chi connectivity index (χ2n) is 5.03. The van der Waals surface area contributed by atoms with Gasteiger partial charge in [0.1, 0.15) is 0 Å². The van der Waals surface area contributed by atoms with Gasteiger partial charge < -0.3 is 0 Å². The van der Waals surface area contributed by atoms with E-state index in [4.69, 9.17) is 0 Å². The Kier molecular flexibility index (Phi) is 12.8. The van der Waals surface area contributed by atoms with E-state index >= 15 is 0 Å². The highest BCUT2D eigenvalue weighted by Gasteiger charge is 2.02. The number of hydrogen-bond donors (Lipinski definition) is 0. The molecule has 0 N–H and O–H groups in total. The van der Waals surface area contributed by atoms with Gasteiger partial charge in [-0.3, -0.25) is 0 Å². The van der Waals surface area contributed by atoms with Crippen LogP contribution in [0.4, 0.5) is 0 Å². The van der Waals surface area contributed by atoms with Crippen LogP contribution in [0.15, 0.2) is 36.5 Å². The quantitative estimate of drug-likeness (QED) is 0.484. The van der Waals surface area contributed by atoms with E-state index < -0.39 is 0 Å². The van der Waals surface area contributed by atoms with Crippen molar-refractivity contribution < 1.29 is 0 Å². The molecule has 17 heavy (non-hydrogen) atoms. The van der Waals surface area contributed by atoms with E-state index in [9.17, 15) is 0 Å². The molecule has 0 aromatic carbocycles. The van der Waals surface area contributed by atoms with Crippen LogP contribution in [0, 0.1) is 11.8 Å². The molecule has 0 amide bonds. The third-order valence-electron chi connectivity index (χ3n) is 2.61. The lowest BCUT2D eigenvalue weighted by atomic mass is 9.96. The zero-order chi connectivity index (χ0) is 13.8. The van der Waals surface area contributed by atoms with Gasteiger partial charge in [0.25, 0.3) is 0 Å². The Hall–Kier alpha value is -0.780. The van der Waals surface area contributed by atoms with Gasteiger partial charge in [-0.2, -0.15) is 0 Å². The first-order valence-corrected chi connectivity index (χ1v) is 6.96. The van der Waals surface area contributed by atoms with Crippen molar-refractivity contribution in [3.05, 3.63) is 36.5 Å². The first-order valence-electron chi connectivity index (χ1n) is 6.96. The molecule has 0 nitrogen and oxygen atoms in total. The molecule has 0 aliphatic heterocycles. The van der Waals surface area contributed by atoms with Crippen molar-refractivity contribution in [1.29, 1.82) is 0 Å². The van der Waals surface area contributed by atoms with E-state index in [0.29, 0.717) is 11.8 Å².